The van der Waals surface area contributed by atoms with E-state index >= 15 is 0 Å². The first kappa shape index (κ1) is 40.5. The maximum atomic E-state index is 2.62. The van der Waals surface area contributed by atoms with Gasteiger partial charge in [0.2, 0.25) is 5.65 Å². The summed E-state index contributed by atoms with van der Waals surface area (Å²) in [5, 5.41) is 6.14. The normalized spacial score (nSPS) is 15.9. The van der Waals surface area contributed by atoms with Crippen molar-refractivity contribution in [3.8, 4) is 0 Å². The average molecular weight is 742 g/mol. The SMILES string of the molecule is CC1=C\C=C(\N(c2c(C)cccc2C)N(c2c(C)cccc2C)c2ccc3ccn(C(C)C)c3[n+]2C)N(C)CN(C(C)C)/C=C\1.CCC.C[Se]. The van der Waals surface area contributed by atoms with Gasteiger partial charge in [0, 0.05) is 25.4 Å². The van der Waals surface area contributed by atoms with Crippen molar-refractivity contribution in [2.75, 3.05) is 23.7 Å². The van der Waals surface area contributed by atoms with Gasteiger partial charge in [-0.05, 0) is 114 Å². The monoisotopic (exact) mass is 742 g/mol. The van der Waals surface area contributed by atoms with Crippen LogP contribution in [0.1, 0.15) is 83.2 Å². The second-order valence-corrected chi connectivity index (χ2v) is 13.9. The Morgan fingerprint density at radius 1 is 0.740 bits per heavy atom. The molecule has 0 atom stereocenters. The van der Waals surface area contributed by atoms with Crippen LogP contribution < -0.4 is 14.6 Å². The second-order valence-electron chi connectivity index (χ2n) is 13.9. The Balaban J connectivity index is 0.00000128. The third kappa shape index (κ3) is 8.86. The van der Waals surface area contributed by atoms with Crippen LogP contribution >= 0.6 is 0 Å². The number of benzene rings is 2. The number of allylic oxidation sites excluding steroid dienone is 4. The molecule has 0 aliphatic carbocycles. The van der Waals surface area contributed by atoms with Gasteiger partial charge in [-0.15, -0.1) is 0 Å². The third-order valence-electron chi connectivity index (χ3n) is 8.94. The molecular formula is C43H62N6Se+. The summed E-state index contributed by atoms with van der Waals surface area (Å²) in [5.41, 5.74) is 9.61. The summed E-state index contributed by atoms with van der Waals surface area (Å²) in [4.78, 5) is 4.77. The molecule has 6 nitrogen and oxygen atoms in total. The number of aryl methyl sites for hydroxylation is 5. The Kier molecular flexibility index (Phi) is 14.9. The quantitative estimate of drug-likeness (QED) is 0.107. The fourth-order valence-electron chi connectivity index (χ4n) is 6.41. The van der Waals surface area contributed by atoms with Crippen molar-refractivity contribution in [2.24, 2.45) is 7.05 Å². The topological polar surface area (TPSA) is 21.8 Å². The number of para-hydroxylation sites is 2. The van der Waals surface area contributed by atoms with Crippen LogP contribution in [0.25, 0.3) is 11.0 Å². The van der Waals surface area contributed by atoms with Gasteiger partial charge in [0.25, 0.3) is 5.82 Å². The molecule has 2 aromatic carbocycles. The summed E-state index contributed by atoms with van der Waals surface area (Å²) < 4.78 is 4.73. The molecule has 0 fully saturated rings. The van der Waals surface area contributed by atoms with Gasteiger partial charge in [-0.25, -0.2) is 4.57 Å². The fraction of sp³-hybridized carbons (Fsp3) is 0.419. The molecule has 5 rings (SSSR count). The van der Waals surface area contributed by atoms with E-state index in [9.17, 15) is 0 Å². The van der Waals surface area contributed by atoms with E-state index in [0.717, 1.165) is 18.3 Å². The van der Waals surface area contributed by atoms with Crippen LogP contribution in [0.15, 0.2) is 96.6 Å². The summed E-state index contributed by atoms with van der Waals surface area (Å²) in [6, 6.07) is 20.7. The van der Waals surface area contributed by atoms with Gasteiger partial charge in [0.15, 0.2) is 0 Å². The Morgan fingerprint density at radius 3 is 1.76 bits per heavy atom. The molecule has 0 amide bonds. The van der Waals surface area contributed by atoms with Crippen LogP contribution in [0.3, 0.4) is 0 Å². The summed E-state index contributed by atoms with van der Waals surface area (Å²) >= 11 is 2.62. The number of fused-ring (bicyclic) bond motifs is 1. The Hall–Kier alpha value is -3.93. The van der Waals surface area contributed by atoms with Crippen molar-refractivity contribution >= 4 is 44.2 Å². The van der Waals surface area contributed by atoms with E-state index in [2.05, 4.69) is 220 Å². The molecule has 4 aromatic rings. The predicted molar refractivity (Wildman–Crippen MR) is 218 cm³/mol. The van der Waals surface area contributed by atoms with Gasteiger partial charge in [0.05, 0.1) is 37.0 Å². The van der Waals surface area contributed by atoms with E-state index in [1.807, 2.05) is 5.82 Å². The number of nitrogens with zero attached hydrogens (tertiary/aromatic N) is 6. The van der Waals surface area contributed by atoms with E-state index in [1.54, 1.807) is 0 Å². The van der Waals surface area contributed by atoms with Gasteiger partial charge in [-0.1, -0.05) is 62.7 Å². The Bertz CT molecular complexity index is 1770. The van der Waals surface area contributed by atoms with E-state index in [-0.39, 0.29) is 0 Å². The molecule has 0 spiro atoms. The summed E-state index contributed by atoms with van der Waals surface area (Å²) in [6.45, 7) is 25.1. The van der Waals surface area contributed by atoms with E-state index in [1.165, 1.54) is 56.7 Å². The zero-order valence-corrected chi connectivity index (χ0v) is 35.0. The Labute approximate surface area is 312 Å². The molecule has 7 heteroatoms. The molecule has 0 N–H and O–H groups in total. The fourth-order valence-corrected chi connectivity index (χ4v) is 6.41. The van der Waals surface area contributed by atoms with E-state index in [0.29, 0.717) is 12.1 Å². The zero-order valence-electron chi connectivity index (χ0n) is 33.2. The van der Waals surface area contributed by atoms with Crippen molar-refractivity contribution in [3.63, 3.8) is 0 Å². The van der Waals surface area contributed by atoms with Crippen molar-refractivity contribution < 1.29 is 4.57 Å². The molecule has 0 bridgehead atoms. The standard InChI is InChI=1S/C39H51N6.C3H8.CH3Se/c1-27(2)42-24-22-29(5)18-20-35(40(10)26-42)44(37-30(6)14-12-15-31(37)7)45(38-32(8)16-13-17-33(38)9)36-21-19-34-23-25-43(28(3)4)39(34)41(36)11;1-3-2;1-2/h12-25,27-28H,26H2,1-11H3;3H2,1-2H3;1H3/q+1;;/b24-22-,29-18+,35-20+;;. The molecule has 0 saturated carbocycles. The predicted octanol–water partition coefficient (Wildman–Crippen LogP) is 10.4. The molecule has 50 heavy (non-hydrogen) atoms. The zero-order chi connectivity index (χ0) is 37.3. The van der Waals surface area contributed by atoms with E-state index < -0.39 is 0 Å². The molecule has 3 heterocycles. The summed E-state index contributed by atoms with van der Waals surface area (Å²) in [5.74, 6) is 4.04. The number of pyridine rings is 1. The summed E-state index contributed by atoms with van der Waals surface area (Å²) in [6.07, 6.45) is 12.4. The summed E-state index contributed by atoms with van der Waals surface area (Å²) in [7, 11) is 4.41. The maximum absolute atomic E-state index is 2.62. The minimum atomic E-state index is 0.332. The molecule has 2 aromatic heterocycles. The van der Waals surface area contributed by atoms with Crippen LogP contribution in [0.5, 0.6) is 0 Å². The number of hydrogen-bond acceptors (Lipinski definition) is 4. The first-order chi connectivity index (χ1) is 23.8. The number of anilines is 3. The van der Waals surface area contributed by atoms with Crippen molar-refractivity contribution in [1.29, 1.82) is 0 Å². The van der Waals surface area contributed by atoms with Crippen LogP contribution in [0.2, 0.25) is 5.82 Å². The van der Waals surface area contributed by atoms with Crippen LogP contribution in [0.4, 0.5) is 17.2 Å². The van der Waals surface area contributed by atoms with E-state index in [4.69, 9.17) is 0 Å². The third-order valence-corrected chi connectivity index (χ3v) is 8.94. The van der Waals surface area contributed by atoms with Crippen molar-refractivity contribution in [3.05, 3.63) is 119 Å². The van der Waals surface area contributed by atoms with Crippen LogP contribution in [0, 0.1) is 27.7 Å². The first-order valence-corrected chi connectivity index (χ1v) is 19.7. The molecule has 1 aliphatic rings. The number of hydrazine groups is 1. The molecule has 0 unspecified atom stereocenters. The first-order valence-electron chi connectivity index (χ1n) is 18.0. The van der Waals surface area contributed by atoms with Gasteiger partial charge in [-0.3, -0.25) is 4.57 Å². The van der Waals surface area contributed by atoms with Crippen LogP contribution in [-0.2, 0) is 7.05 Å². The second kappa shape index (κ2) is 18.3. The van der Waals surface area contributed by atoms with Crippen molar-refractivity contribution in [2.45, 2.75) is 100 Å². The molecule has 1 radical (unpaired) electrons. The van der Waals surface area contributed by atoms with Gasteiger partial charge in [-0.2, -0.15) is 10.0 Å². The molecule has 1 aliphatic heterocycles. The number of aromatic nitrogens is 2. The van der Waals surface area contributed by atoms with Crippen LogP contribution in [-0.4, -0.2) is 50.1 Å². The van der Waals surface area contributed by atoms with Gasteiger partial charge >= 0.3 is 21.8 Å². The number of rotatable bonds is 7. The minimum absolute atomic E-state index is 0.332. The molecule has 269 valence electrons. The van der Waals surface area contributed by atoms with Gasteiger partial charge in [0.1, 0.15) is 11.5 Å². The van der Waals surface area contributed by atoms with Gasteiger partial charge < -0.3 is 9.80 Å². The average Bonchev–Trinajstić information content (AvgIpc) is 3.53. The Morgan fingerprint density at radius 2 is 1.26 bits per heavy atom. The van der Waals surface area contributed by atoms with Crippen molar-refractivity contribution in [1.82, 2.24) is 14.4 Å². The molecule has 0 saturated heterocycles. The number of hydrogen-bond donors (Lipinski definition) is 0. The molecular weight excluding hydrogens is 679 g/mol.